The first-order chi connectivity index (χ1) is 14.0. The standard InChI is InChI=1S/C20H24FN5O2S/c1-2-15(23-18(28)16-5-3-4-12-22-16)10-11-17(27)24-20-26-25-19(29-20)13-6-8-14(21)9-7-13/h6-11,15-16,22H,2-5,12H2,1H3,(H,23,28)(H,24,26,27)/t15-,16-/m0/s1. The molecule has 2 heterocycles. The number of aromatic nitrogens is 2. The molecule has 1 aromatic heterocycles. The van der Waals surface area contributed by atoms with Gasteiger partial charge in [-0.1, -0.05) is 30.8 Å². The van der Waals surface area contributed by atoms with Crippen molar-refractivity contribution >= 4 is 28.3 Å². The predicted molar refractivity (Wildman–Crippen MR) is 111 cm³/mol. The van der Waals surface area contributed by atoms with E-state index in [1.807, 2.05) is 6.92 Å². The quantitative estimate of drug-likeness (QED) is 0.602. The number of piperidine rings is 1. The largest absolute Gasteiger partial charge is 0.349 e. The zero-order valence-electron chi connectivity index (χ0n) is 16.2. The predicted octanol–water partition coefficient (Wildman–Crippen LogP) is 2.88. The molecule has 154 valence electrons. The summed E-state index contributed by atoms with van der Waals surface area (Å²) in [5.41, 5.74) is 0.727. The summed E-state index contributed by atoms with van der Waals surface area (Å²) in [5, 5.41) is 17.7. The van der Waals surface area contributed by atoms with Crippen LogP contribution in [0.4, 0.5) is 9.52 Å². The first-order valence-corrected chi connectivity index (χ1v) is 10.5. The van der Waals surface area contributed by atoms with Crippen LogP contribution >= 0.6 is 11.3 Å². The molecule has 2 atom stereocenters. The molecule has 2 amide bonds. The Kier molecular flexibility index (Phi) is 7.42. The average molecular weight is 418 g/mol. The van der Waals surface area contributed by atoms with E-state index in [-0.39, 0.29) is 29.7 Å². The summed E-state index contributed by atoms with van der Waals surface area (Å²) in [5.74, 6) is -0.710. The van der Waals surface area contributed by atoms with Crippen molar-refractivity contribution in [2.24, 2.45) is 0 Å². The normalized spacial score (nSPS) is 17.8. The lowest BCUT2D eigenvalue weighted by Crippen LogP contribution is -2.49. The number of rotatable bonds is 7. The van der Waals surface area contributed by atoms with Gasteiger partial charge in [0.15, 0.2) is 0 Å². The van der Waals surface area contributed by atoms with E-state index >= 15 is 0 Å². The maximum absolute atomic E-state index is 13.0. The maximum atomic E-state index is 13.0. The van der Waals surface area contributed by atoms with Crippen LogP contribution in [-0.4, -0.2) is 40.6 Å². The molecular weight excluding hydrogens is 393 g/mol. The molecular formula is C20H24FN5O2S. The average Bonchev–Trinajstić information content (AvgIpc) is 3.20. The van der Waals surface area contributed by atoms with Gasteiger partial charge in [0, 0.05) is 17.7 Å². The van der Waals surface area contributed by atoms with E-state index in [1.165, 1.54) is 29.5 Å². The van der Waals surface area contributed by atoms with Gasteiger partial charge in [0.05, 0.1) is 6.04 Å². The summed E-state index contributed by atoms with van der Waals surface area (Å²) < 4.78 is 13.0. The Morgan fingerprint density at radius 1 is 1.31 bits per heavy atom. The minimum Gasteiger partial charge on any atom is -0.349 e. The van der Waals surface area contributed by atoms with Crippen LogP contribution in [0.1, 0.15) is 32.6 Å². The first-order valence-electron chi connectivity index (χ1n) is 9.67. The fraction of sp³-hybridized carbons (Fsp3) is 0.400. The van der Waals surface area contributed by atoms with Crippen LogP contribution < -0.4 is 16.0 Å². The lowest BCUT2D eigenvalue weighted by molar-refractivity contribution is -0.124. The molecule has 0 saturated carbocycles. The Balaban J connectivity index is 1.52. The molecule has 1 aliphatic rings. The minimum absolute atomic E-state index is 0.0327. The van der Waals surface area contributed by atoms with E-state index in [2.05, 4.69) is 26.1 Å². The summed E-state index contributed by atoms with van der Waals surface area (Å²) in [6.07, 6.45) is 6.72. The van der Waals surface area contributed by atoms with Crippen molar-refractivity contribution < 1.29 is 14.0 Å². The van der Waals surface area contributed by atoms with E-state index in [4.69, 9.17) is 0 Å². The Bertz CT molecular complexity index is 862. The van der Waals surface area contributed by atoms with Crippen LogP contribution in [0.5, 0.6) is 0 Å². The fourth-order valence-electron chi connectivity index (χ4n) is 2.98. The lowest BCUT2D eigenvalue weighted by atomic mass is 10.0. The number of carbonyl (C=O) groups is 2. The summed E-state index contributed by atoms with van der Waals surface area (Å²) in [6.45, 7) is 2.80. The van der Waals surface area contributed by atoms with Gasteiger partial charge in [0.1, 0.15) is 10.8 Å². The second-order valence-corrected chi connectivity index (χ2v) is 7.77. The molecule has 0 bridgehead atoms. The van der Waals surface area contributed by atoms with E-state index in [0.29, 0.717) is 16.6 Å². The molecule has 3 rings (SSSR count). The van der Waals surface area contributed by atoms with Crippen molar-refractivity contribution in [2.75, 3.05) is 11.9 Å². The van der Waals surface area contributed by atoms with Gasteiger partial charge in [-0.3, -0.25) is 14.9 Å². The topological polar surface area (TPSA) is 96.0 Å². The summed E-state index contributed by atoms with van der Waals surface area (Å²) in [7, 11) is 0. The molecule has 9 heteroatoms. The van der Waals surface area contributed by atoms with Crippen molar-refractivity contribution in [3.05, 3.63) is 42.2 Å². The number of benzene rings is 1. The third kappa shape index (κ3) is 6.16. The zero-order valence-corrected chi connectivity index (χ0v) is 17.0. The number of nitrogens with zero attached hydrogens (tertiary/aromatic N) is 2. The highest BCUT2D eigenvalue weighted by Gasteiger charge is 2.21. The molecule has 0 spiro atoms. The van der Waals surface area contributed by atoms with Crippen LogP contribution in [0, 0.1) is 5.82 Å². The van der Waals surface area contributed by atoms with Gasteiger partial charge in [0.2, 0.25) is 16.9 Å². The molecule has 2 aromatic rings. The van der Waals surface area contributed by atoms with Gasteiger partial charge in [-0.25, -0.2) is 4.39 Å². The summed E-state index contributed by atoms with van der Waals surface area (Å²) >= 11 is 1.20. The van der Waals surface area contributed by atoms with Crippen molar-refractivity contribution in [2.45, 2.75) is 44.7 Å². The fourth-order valence-corrected chi connectivity index (χ4v) is 3.73. The highest BCUT2D eigenvalue weighted by Crippen LogP contribution is 2.26. The summed E-state index contributed by atoms with van der Waals surface area (Å²) in [4.78, 5) is 24.5. The molecule has 29 heavy (non-hydrogen) atoms. The van der Waals surface area contributed by atoms with Crippen LogP contribution in [0.25, 0.3) is 10.6 Å². The molecule has 1 fully saturated rings. The number of amides is 2. The molecule has 3 N–H and O–H groups in total. The van der Waals surface area contributed by atoms with E-state index in [1.54, 1.807) is 18.2 Å². The molecule has 0 radical (unpaired) electrons. The second-order valence-electron chi connectivity index (χ2n) is 6.79. The van der Waals surface area contributed by atoms with Crippen molar-refractivity contribution in [3.63, 3.8) is 0 Å². The molecule has 1 aliphatic heterocycles. The third-order valence-electron chi connectivity index (χ3n) is 4.62. The smallest absolute Gasteiger partial charge is 0.249 e. The van der Waals surface area contributed by atoms with Crippen molar-refractivity contribution in [3.8, 4) is 10.6 Å². The minimum atomic E-state index is -0.352. The Morgan fingerprint density at radius 2 is 2.10 bits per heavy atom. The third-order valence-corrected chi connectivity index (χ3v) is 5.51. The highest BCUT2D eigenvalue weighted by molar-refractivity contribution is 7.18. The molecule has 0 unspecified atom stereocenters. The lowest BCUT2D eigenvalue weighted by Gasteiger charge is -2.24. The van der Waals surface area contributed by atoms with Gasteiger partial charge in [-0.05, 0) is 50.1 Å². The van der Waals surface area contributed by atoms with Gasteiger partial charge >= 0.3 is 0 Å². The van der Waals surface area contributed by atoms with Gasteiger partial charge in [0.25, 0.3) is 0 Å². The van der Waals surface area contributed by atoms with Gasteiger partial charge in [-0.15, -0.1) is 10.2 Å². The van der Waals surface area contributed by atoms with Gasteiger partial charge < -0.3 is 10.6 Å². The maximum Gasteiger partial charge on any atom is 0.249 e. The van der Waals surface area contributed by atoms with Crippen molar-refractivity contribution in [1.82, 2.24) is 20.8 Å². The second kappa shape index (κ2) is 10.2. The Labute approximate surface area is 172 Å². The first kappa shape index (κ1) is 21.1. The molecule has 0 aliphatic carbocycles. The zero-order chi connectivity index (χ0) is 20.6. The Morgan fingerprint density at radius 3 is 2.79 bits per heavy atom. The van der Waals surface area contributed by atoms with Crippen LogP contribution in [-0.2, 0) is 9.59 Å². The van der Waals surface area contributed by atoms with Crippen LogP contribution in [0.3, 0.4) is 0 Å². The van der Waals surface area contributed by atoms with E-state index in [9.17, 15) is 14.0 Å². The number of hydrogen-bond acceptors (Lipinski definition) is 6. The number of anilines is 1. The number of nitrogens with one attached hydrogen (secondary N) is 3. The molecule has 1 aromatic carbocycles. The monoisotopic (exact) mass is 417 g/mol. The number of carbonyl (C=O) groups excluding carboxylic acids is 2. The Hall–Kier alpha value is -2.65. The number of halogens is 1. The van der Waals surface area contributed by atoms with Crippen molar-refractivity contribution in [1.29, 1.82) is 0 Å². The van der Waals surface area contributed by atoms with Crippen LogP contribution in [0.2, 0.25) is 0 Å². The van der Waals surface area contributed by atoms with Crippen LogP contribution in [0.15, 0.2) is 36.4 Å². The highest BCUT2D eigenvalue weighted by atomic mass is 32.1. The SMILES string of the molecule is CC[C@@H](C=CC(=O)Nc1nnc(-c2ccc(F)cc2)s1)NC(=O)[C@@H]1CCCCN1. The van der Waals surface area contributed by atoms with Gasteiger partial charge in [-0.2, -0.15) is 0 Å². The summed E-state index contributed by atoms with van der Waals surface area (Å²) in [6, 6.07) is 5.53. The molecule has 1 saturated heterocycles. The number of hydrogen-bond donors (Lipinski definition) is 3. The van der Waals surface area contributed by atoms with E-state index < -0.39 is 0 Å². The van der Waals surface area contributed by atoms with E-state index in [0.717, 1.165) is 31.4 Å². The molecule has 7 nitrogen and oxygen atoms in total.